The first-order valence-electron chi connectivity index (χ1n) is 8.07. The Labute approximate surface area is 140 Å². The molecule has 1 aliphatic heterocycles. The van der Waals surface area contributed by atoms with Crippen LogP contribution in [0.1, 0.15) is 30.2 Å². The van der Waals surface area contributed by atoms with Crippen molar-refractivity contribution in [3.63, 3.8) is 0 Å². The number of carbonyl (C=O) groups excluding carboxylic acids is 1. The summed E-state index contributed by atoms with van der Waals surface area (Å²) in [5, 5.41) is 14.9. The molecular formula is C15H23N7O2. The van der Waals surface area contributed by atoms with Crippen LogP contribution in [-0.2, 0) is 13.6 Å². The van der Waals surface area contributed by atoms with E-state index in [1.165, 1.54) is 0 Å². The van der Waals surface area contributed by atoms with Crippen LogP contribution in [-0.4, -0.2) is 61.9 Å². The van der Waals surface area contributed by atoms with Crippen molar-refractivity contribution in [1.82, 2.24) is 35.0 Å². The molecule has 9 nitrogen and oxygen atoms in total. The minimum Gasteiger partial charge on any atom is -0.361 e. The molecule has 1 saturated heterocycles. The lowest BCUT2D eigenvalue weighted by Gasteiger charge is -2.34. The largest absolute Gasteiger partial charge is 0.361 e. The Hall–Kier alpha value is -2.42. The first-order chi connectivity index (χ1) is 11.5. The maximum Gasteiger partial charge on any atom is 0.318 e. The molecular weight excluding hydrogens is 310 g/mol. The Balaban J connectivity index is 1.47. The summed E-state index contributed by atoms with van der Waals surface area (Å²) in [6.07, 6.45) is 1.63. The molecule has 1 atom stereocenters. The molecule has 1 aliphatic rings. The van der Waals surface area contributed by atoms with Crippen molar-refractivity contribution in [1.29, 1.82) is 0 Å². The molecule has 2 aromatic rings. The number of hydrogen-bond donors (Lipinski definition) is 1. The highest BCUT2D eigenvalue weighted by molar-refractivity contribution is 5.74. The number of piperazine rings is 1. The molecule has 0 aliphatic carbocycles. The summed E-state index contributed by atoms with van der Waals surface area (Å²) in [6, 6.07) is 1.70. The maximum absolute atomic E-state index is 12.4. The Morgan fingerprint density at radius 3 is 2.71 bits per heavy atom. The lowest BCUT2D eigenvalue weighted by molar-refractivity contribution is 0.131. The number of aromatic nitrogens is 4. The van der Waals surface area contributed by atoms with Crippen molar-refractivity contribution < 1.29 is 9.32 Å². The lowest BCUT2D eigenvalue weighted by atomic mass is 10.2. The minimum absolute atomic E-state index is 0.0672. The minimum atomic E-state index is -0.180. The second kappa shape index (κ2) is 7.00. The zero-order valence-corrected chi connectivity index (χ0v) is 14.3. The third-order valence-corrected chi connectivity index (χ3v) is 4.20. The van der Waals surface area contributed by atoms with Gasteiger partial charge in [0.05, 0.1) is 11.7 Å². The van der Waals surface area contributed by atoms with E-state index in [-0.39, 0.29) is 12.1 Å². The summed E-state index contributed by atoms with van der Waals surface area (Å²) in [6.45, 7) is 7.56. The Bertz CT molecular complexity index is 688. The van der Waals surface area contributed by atoms with Gasteiger partial charge < -0.3 is 19.3 Å². The zero-order chi connectivity index (χ0) is 17.1. The summed E-state index contributed by atoms with van der Waals surface area (Å²) in [5.74, 6) is 1.56. The van der Waals surface area contributed by atoms with E-state index in [1.54, 1.807) is 6.33 Å². The number of aryl methyl sites for hydroxylation is 2. The Kier molecular flexibility index (Phi) is 4.79. The number of urea groups is 1. The van der Waals surface area contributed by atoms with Crippen LogP contribution in [0.3, 0.4) is 0 Å². The van der Waals surface area contributed by atoms with E-state index >= 15 is 0 Å². The van der Waals surface area contributed by atoms with Crippen LogP contribution < -0.4 is 5.32 Å². The Morgan fingerprint density at radius 1 is 1.38 bits per heavy atom. The van der Waals surface area contributed by atoms with Gasteiger partial charge in [0.1, 0.15) is 12.1 Å². The van der Waals surface area contributed by atoms with Crippen molar-refractivity contribution in [2.24, 2.45) is 7.05 Å². The van der Waals surface area contributed by atoms with E-state index in [0.717, 1.165) is 36.9 Å². The number of hydrogen-bond acceptors (Lipinski definition) is 6. The smallest absolute Gasteiger partial charge is 0.318 e. The predicted molar refractivity (Wildman–Crippen MR) is 86.0 cm³/mol. The summed E-state index contributed by atoms with van der Waals surface area (Å²) < 4.78 is 6.90. The topological polar surface area (TPSA) is 92.3 Å². The van der Waals surface area contributed by atoms with Crippen LogP contribution in [0.15, 0.2) is 16.9 Å². The van der Waals surface area contributed by atoms with Gasteiger partial charge in [-0.25, -0.2) is 4.79 Å². The molecule has 2 amide bonds. The van der Waals surface area contributed by atoms with Gasteiger partial charge in [0, 0.05) is 45.8 Å². The fourth-order valence-corrected chi connectivity index (χ4v) is 2.86. The molecule has 0 bridgehead atoms. The lowest BCUT2D eigenvalue weighted by Crippen LogP contribution is -2.51. The molecule has 3 heterocycles. The quantitative estimate of drug-likeness (QED) is 0.885. The Morgan fingerprint density at radius 2 is 2.12 bits per heavy atom. The molecule has 130 valence electrons. The molecule has 2 aromatic heterocycles. The standard InChI is InChI=1S/C15H23N7O2/c1-11-8-13(19-24-11)9-21-4-6-22(7-5-21)15(23)17-12(2)14-18-16-10-20(14)3/h8,10,12H,4-7,9H2,1-3H3,(H,17,23)/t12-/m1/s1. The number of nitrogens with one attached hydrogen (secondary N) is 1. The van der Waals surface area contributed by atoms with E-state index in [9.17, 15) is 4.79 Å². The first kappa shape index (κ1) is 16.4. The molecule has 0 aromatic carbocycles. The van der Waals surface area contributed by atoms with Crippen LogP contribution >= 0.6 is 0 Å². The van der Waals surface area contributed by atoms with Crippen molar-refractivity contribution in [3.8, 4) is 0 Å². The SMILES string of the molecule is Cc1cc(CN2CCN(C(=O)N[C@H](C)c3nncn3C)CC2)no1. The molecule has 9 heteroatoms. The zero-order valence-electron chi connectivity index (χ0n) is 14.3. The van der Waals surface area contributed by atoms with Crippen LogP contribution in [0.5, 0.6) is 0 Å². The van der Waals surface area contributed by atoms with Crippen molar-refractivity contribution in [2.45, 2.75) is 26.4 Å². The number of amides is 2. The number of rotatable bonds is 4. The number of carbonyl (C=O) groups is 1. The van der Waals surface area contributed by atoms with Crippen LogP contribution in [0.4, 0.5) is 4.79 Å². The van der Waals surface area contributed by atoms with Gasteiger partial charge in [-0.3, -0.25) is 4.90 Å². The fraction of sp³-hybridized carbons (Fsp3) is 0.600. The maximum atomic E-state index is 12.4. The summed E-state index contributed by atoms with van der Waals surface area (Å²) in [7, 11) is 1.86. The third kappa shape index (κ3) is 3.73. The van der Waals surface area contributed by atoms with Gasteiger partial charge in [-0.1, -0.05) is 5.16 Å². The van der Waals surface area contributed by atoms with Crippen LogP contribution in [0.25, 0.3) is 0 Å². The highest BCUT2D eigenvalue weighted by atomic mass is 16.5. The highest BCUT2D eigenvalue weighted by Gasteiger charge is 2.24. The molecule has 0 radical (unpaired) electrons. The first-order valence-corrected chi connectivity index (χ1v) is 8.07. The van der Waals surface area contributed by atoms with Crippen molar-refractivity contribution in [2.75, 3.05) is 26.2 Å². The van der Waals surface area contributed by atoms with Gasteiger partial charge in [0.15, 0.2) is 5.82 Å². The third-order valence-electron chi connectivity index (χ3n) is 4.20. The molecule has 0 unspecified atom stereocenters. The van der Waals surface area contributed by atoms with Gasteiger partial charge in [0.2, 0.25) is 0 Å². The predicted octanol–water partition coefficient (Wildman–Crippen LogP) is 0.700. The highest BCUT2D eigenvalue weighted by Crippen LogP contribution is 2.11. The van der Waals surface area contributed by atoms with Gasteiger partial charge in [-0.15, -0.1) is 10.2 Å². The van der Waals surface area contributed by atoms with Gasteiger partial charge in [-0.2, -0.15) is 0 Å². The molecule has 0 saturated carbocycles. The molecule has 1 N–H and O–H groups in total. The fourth-order valence-electron chi connectivity index (χ4n) is 2.86. The van der Waals surface area contributed by atoms with Crippen molar-refractivity contribution in [3.05, 3.63) is 29.7 Å². The molecule has 3 rings (SSSR count). The molecule has 0 spiro atoms. The normalized spacial score (nSPS) is 17.0. The second-order valence-electron chi connectivity index (χ2n) is 6.16. The molecule has 1 fully saturated rings. The average Bonchev–Trinajstić information content (AvgIpc) is 3.16. The van der Waals surface area contributed by atoms with Crippen molar-refractivity contribution >= 4 is 6.03 Å². The monoisotopic (exact) mass is 333 g/mol. The van der Waals surface area contributed by atoms with Crippen LogP contribution in [0.2, 0.25) is 0 Å². The van der Waals surface area contributed by atoms with Gasteiger partial charge in [-0.05, 0) is 13.8 Å². The van der Waals surface area contributed by atoms with E-state index in [1.807, 2.05) is 36.4 Å². The number of nitrogens with zero attached hydrogens (tertiary/aromatic N) is 6. The molecule has 24 heavy (non-hydrogen) atoms. The van der Waals surface area contributed by atoms with Crippen LogP contribution in [0, 0.1) is 6.92 Å². The second-order valence-corrected chi connectivity index (χ2v) is 6.16. The van der Waals surface area contributed by atoms with E-state index < -0.39 is 0 Å². The summed E-state index contributed by atoms with van der Waals surface area (Å²) in [4.78, 5) is 16.5. The van der Waals surface area contributed by atoms with E-state index in [0.29, 0.717) is 13.1 Å². The van der Waals surface area contributed by atoms with Gasteiger partial charge >= 0.3 is 6.03 Å². The van der Waals surface area contributed by atoms with E-state index in [4.69, 9.17) is 4.52 Å². The summed E-state index contributed by atoms with van der Waals surface area (Å²) >= 11 is 0. The average molecular weight is 333 g/mol. The van der Waals surface area contributed by atoms with E-state index in [2.05, 4.69) is 25.6 Å². The van der Waals surface area contributed by atoms with Gasteiger partial charge in [0.25, 0.3) is 0 Å². The summed E-state index contributed by atoms with van der Waals surface area (Å²) in [5.41, 5.74) is 0.932.